The van der Waals surface area contributed by atoms with Gasteiger partial charge in [0, 0.05) is 5.92 Å². The highest BCUT2D eigenvalue weighted by Crippen LogP contribution is 2.30. The first kappa shape index (κ1) is 13.5. The van der Waals surface area contributed by atoms with Crippen LogP contribution >= 0.6 is 0 Å². The Bertz CT molecular complexity index is 588. The van der Waals surface area contributed by atoms with E-state index in [-0.39, 0.29) is 5.92 Å². The SMILES string of the molecule is CCc1cc(C(C)c2ccc(O)c(C)c2)ccc1O. The van der Waals surface area contributed by atoms with Crippen LogP contribution in [0.1, 0.15) is 42.0 Å². The van der Waals surface area contributed by atoms with Gasteiger partial charge in [-0.2, -0.15) is 0 Å². The van der Waals surface area contributed by atoms with Crippen molar-refractivity contribution in [2.75, 3.05) is 0 Å². The van der Waals surface area contributed by atoms with Crippen LogP contribution in [0.15, 0.2) is 36.4 Å². The summed E-state index contributed by atoms with van der Waals surface area (Å²) in [4.78, 5) is 0. The highest BCUT2D eigenvalue weighted by molar-refractivity contribution is 5.43. The summed E-state index contributed by atoms with van der Waals surface area (Å²) in [6.45, 7) is 6.08. The van der Waals surface area contributed by atoms with Crippen LogP contribution in [0.3, 0.4) is 0 Å². The van der Waals surface area contributed by atoms with Gasteiger partial charge in [-0.25, -0.2) is 0 Å². The minimum Gasteiger partial charge on any atom is -0.508 e. The van der Waals surface area contributed by atoms with Crippen molar-refractivity contribution in [2.45, 2.75) is 33.1 Å². The van der Waals surface area contributed by atoms with Gasteiger partial charge in [-0.1, -0.05) is 38.1 Å². The second kappa shape index (κ2) is 5.35. The number of benzene rings is 2. The lowest BCUT2D eigenvalue weighted by Crippen LogP contribution is -1.98. The Kier molecular flexibility index (Phi) is 3.79. The molecule has 0 aromatic heterocycles. The van der Waals surface area contributed by atoms with E-state index in [1.165, 1.54) is 11.1 Å². The number of aryl methyl sites for hydroxylation is 2. The first-order chi connectivity index (χ1) is 9.02. The normalized spacial score (nSPS) is 12.4. The van der Waals surface area contributed by atoms with Gasteiger partial charge in [0.1, 0.15) is 11.5 Å². The number of phenols is 2. The fourth-order valence-electron chi connectivity index (χ4n) is 2.30. The minimum absolute atomic E-state index is 0.241. The van der Waals surface area contributed by atoms with E-state index in [1.807, 2.05) is 32.0 Å². The zero-order valence-corrected chi connectivity index (χ0v) is 11.6. The lowest BCUT2D eigenvalue weighted by atomic mass is 9.90. The van der Waals surface area contributed by atoms with Crippen LogP contribution in [0.25, 0.3) is 0 Å². The predicted molar refractivity (Wildman–Crippen MR) is 77.8 cm³/mol. The van der Waals surface area contributed by atoms with E-state index in [0.717, 1.165) is 17.5 Å². The van der Waals surface area contributed by atoms with Gasteiger partial charge in [0.15, 0.2) is 0 Å². The third-order valence-corrected chi connectivity index (χ3v) is 3.71. The van der Waals surface area contributed by atoms with Gasteiger partial charge in [-0.3, -0.25) is 0 Å². The Labute approximate surface area is 114 Å². The summed E-state index contributed by atoms with van der Waals surface area (Å²) in [7, 11) is 0. The van der Waals surface area contributed by atoms with E-state index in [1.54, 1.807) is 12.1 Å². The van der Waals surface area contributed by atoms with Crippen LogP contribution < -0.4 is 0 Å². The van der Waals surface area contributed by atoms with Crippen molar-refractivity contribution in [3.8, 4) is 11.5 Å². The van der Waals surface area contributed by atoms with Crippen molar-refractivity contribution in [2.24, 2.45) is 0 Å². The lowest BCUT2D eigenvalue weighted by molar-refractivity contribution is 0.468. The summed E-state index contributed by atoms with van der Waals surface area (Å²) in [5.74, 6) is 0.932. The molecule has 2 aromatic carbocycles. The maximum atomic E-state index is 9.73. The van der Waals surface area contributed by atoms with E-state index in [2.05, 4.69) is 13.0 Å². The van der Waals surface area contributed by atoms with Crippen molar-refractivity contribution >= 4 is 0 Å². The van der Waals surface area contributed by atoms with Crippen LogP contribution in [0, 0.1) is 6.92 Å². The standard InChI is InChI=1S/C17H20O2/c1-4-13-10-15(6-8-17(13)19)12(3)14-5-7-16(18)11(2)9-14/h5-10,12,18-19H,4H2,1-3H3. The van der Waals surface area contributed by atoms with Crippen LogP contribution in [0.5, 0.6) is 11.5 Å². The zero-order valence-electron chi connectivity index (χ0n) is 11.6. The molecule has 0 aliphatic carbocycles. The van der Waals surface area contributed by atoms with Gasteiger partial charge in [-0.05, 0) is 47.7 Å². The van der Waals surface area contributed by atoms with E-state index in [4.69, 9.17) is 0 Å². The number of rotatable bonds is 3. The zero-order chi connectivity index (χ0) is 14.0. The molecule has 2 N–H and O–H groups in total. The second-order valence-corrected chi connectivity index (χ2v) is 5.01. The van der Waals surface area contributed by atoms with Crippen LogP contribution in [-0.2, 0) is 6.42 Å². The first-order valence-corrected chi connectivity index (χ1v) is 6.64. The third-order valence-electron chi connectivity index (χ3n) is 3.71. The number of aromatic hydroxyl groups is 2. The summed E-state index contributed by atoms with van der Waals surface area (Å²) in [6, 6.07) is 11.5. The van der Waals surface area contributed by atoms with Crippen molar-refractivity contribution < 1.29 is 10.2 Å². The smallest absolute Gasteiger partial charge is 0.118 e. The largest absolute Gasteiger partial charge is 0.508 e. The van der Waals surface area contributed by atoms with Crippen molar-refractivity contribution in [3.05, 3.63) is 58.7 Å². The molecular formula is C17H20O2. The van der Waals surface area contributed by atoms with Crippen molar-refractivity contribution in [1.82, 2.24) is 0 Å². The Morgan fingerprint density at radius 2 is 1.53 bits per heavy atom. The minimum atomic E-state index is 0.241. The Morgan fingerprint density at radius 1 is 0.947 bits per heavy atom. The third kappa shape index (κ3) is 2.73. The molecule has 0 spiro atoms. The van der Waals surface area contributed by atoms with Gasteiger partial charge in [0.2, 0.25) is 0 Å². The number of phenolic OH excluding ortho intramolecular Hbond substituents is 2. The maximum absolute atomic E-state index is 9.73. The van der Waals surface area contributed by atoms with Gasteiger partial charge < -0.3 is 10.2 Å². The Morgan fingerprint density at radius 3 is 2.11 bits per heavy atom. The van der Waals surface area contributed by atoms with Crippen LogP contribution in [0.2, 0.25) is 0 Å². The second-order valence-electron chi connectivity index (χ2n) is 5.01. The molecule has 0 amide bonds. The number of hydrogen-bond donors (Lipinski definition) is 2. The molecule has 0 aliphatic heterocycles. The molecule has 2 rings (SSSR count). The summed E-state index contributed by atoms with van der Waals surface area (Å²) >= 11 is 0. The molecule has 1 unspecified atom stereocenters. The van der Waals surface area contributed by atoms with E-state index in [9.17, 15) is 10.2 Å². The Hall–Kier alpha value is -1.96. The van der Waals surface area contributed by atoms with Gasteiger partial charge in [0.05, 0.1) is 0 Å². The molecule has 0 aliphatic rings. The summed E-state index contributed by atoms with van der Waals surface area (Å²) in [6.07, 6.45) is 0.820. The van der Waals surface area contributed by atoms with Gasteiger partial charge in [-0.15, -0.1) is 0 Å². The summed E-state index contributed by atoms with van der Waals surface area (Å²) in [5, 5.41) is 19.3. The van der Waals surface area contributed by atoms with Crippen LogP contribution in [0.4, 0.5) is 0 Å². The maximum Gasteiger partial charge on any atom is 0.118 e. The molecule has 2 heteroatoms. The molecule has 0 radical (unpaired) electrons. The highest BCUT2D eigenvalue weighted by Gasteiger charge is 2.11. The number of hydrogen-bond acceptors (Lipinski definition) is 2. The van der Waals surface area contributed by atoms with Gasteiger partial charge in [0.25, 0.3) is 0 Å². The molecule has 0 saturated carbocycles. The summed E-state index contributed by atoms with van der Waals surface area (Å²) < 4.78 is 0. The quantitative estimate of drug-likeness (QED) is 0.867. The lowest BCUT2D eigenvalue weighted by Gasteiger charge is -2.15. The fourth-order valence-corrected chi connectivity index (χ4v) is 2.30. The average molecular weight is 256 g/mol. The van der Waals surface area contributed by atoms with E-state index < -0.39 is 0 Å². The molecule has 0 fully saturated rings. The molecule has 1 atom stereocenters. The first-order valence-electron chi connectivity index (χ1n) is 6.64. The highest BCUT2D eigenvalue weighted by atomic mass is 16.3. The molecule has 2 nitrogen and oxygen atoms in total. The molecular weight excluding hydrogens is 236 g/mol. The summed E-state index contributed by atoms with van der Waals surface area (Å²) in [5.41, 5.74) is 4.21. The molecule has 19 heavy (non-hydrogen) atoms. The predicted octanol–water partition coefficient (Wildman–Crippen LogP) is 4.12. The molecule has 0 saturated heterocycles. The molecule has 100 valence electrons. The van der Waals surface area contributed by atoms with Crippen molar-refractivity contribution in [1.29, 1.82) is 0 Å². The fraction of sp³-hybridized carbons (Fsp3) is 0.294. The van der Waals surface area contributed by atoms with E-state index in [0.29, 0.717) is 11.5 Å². The van der Waals surface area contributed by atoms with Gasteiger partial charge >= 0.3 is 0 Å². The molecule has 0 bridgehead atoms. The van der Waals surface area contributed by atoms with Crippen molar-refractivity contribution in [3.63, 3.8) is 0 Å². The Balaban J connectivity index is 2.37. The molecule has 0 heterocycles. The average Bonchev–Trinajstić information content (AvgIpc) is 2.41. The molecule has 2 aromatic rings. The van der Waals surface area contributed by atoms with Crippen LogP contribution in [-0.4, -0.2) is 10.2 Å². The monoisotopic (exact) mass is 256 g/mol. The topological polar surface area (TPSA) is 40.5 Å². The van der Waals surface area contributed by atoms with E-state index >= 15 is 0 Å².